The number of nitrogens with zero attached hydrogens (tertiary/aromatic N) is 4. The molecule has 1 aliphatic rings. The number of hydrogen-bond donors (Lipinski definition) is 2. The molecule has 1 aromatic rings. The molecule has 0 amide bonds. The maximum Gasteiger partial charge on any atom is 0.145 e. The lowest BCUT2D eigenvalue weighted by molar-refractivity contribution is 0.371. The van der Waals surface area contributed by atoms with Gasteiger partial charge in [0.15, 0.2) is 0 Å². The minimum absolute atomic E-state index is 0.533. The van der Waals surface area contributed by atoms with Crippen LogP contribution in [-0.4, -0.2) is 48.1 Å². The molecule has 1 aromatic heterocycles. The normalized spacial score (nSPS) is 20.0. The minimum Gasteiger partial charge on any atom is -0.352 e. The highest BCUT2D eigenvalue weighted by Gasteiger charge is 2.26. The maximum atomic E-state index is 5.37. The Morgan fingerprint density at radius 2 is 2.35 bits per heavy atom. The van der Waals surface area contributed by atoms with E-state index in [1.165, 1.54) is 12.8 Å². The van der Waals surface area contributed by atoms with Crippen LogP contribution in [0.25, 0.3) is 0 Å². The van der Waals surface area contributed by atoms with Crippen molar-refractivity contribution in [1.29, 1.82) is 0 Å². The molecule has 0 aromatic carbocycles. The molecule has 94 valence electrons. The SMILES string of the molecule is CN(C)CC1CCCN1c1cc(NN)ncn1. The fourth-order valence-corrected chi connectivity index (χ4v) is 2.33. The zero-order valence-electron chi connectivity index (χ0n) is 10.4. The first-order chi connectivity index (χ1) is 8.20. The van der Waals surface area contributed by atoms with Gasteiger partial charge in [0, 0.05) is 25.2 Å². The van der Waals surface area contributed by atoms with Gasteiger partial charge in [-0.25, -0.2) is 15.8 Å². The van der Waals surface area contributed by atoms with Crippen LogP contribution in [0.4, 0.5) is 11.6 Å². The molecule has 0 radical (unpaired) electrons. The molecule has 1 atom stereocenters. The number of likely N-dealkylation sites (N-methyl/N-ethyl adjacent to an activating group) is 1. The number of aromatic nitrogens is 2. The van der Waals surface area contributed by atoms with Crippen LogP contribution in [-0.2, 0) is 0 Å². The van der Waals surface area contributed by atoms with E-state index in [-0.39, 0.29) is 0 Å². The second kappa shape index (κ2) is 5.29. The summed E-state index contributed by atoms with van der Waals surface area (Å²) in [6.07, 6.45) is 3.98. The van der Waals surface area contributed by atoms with Gasteiger partial charge in [-0.1, -0.05) is 0 Å². The molecule has 17 heavy (non-hydrogen) atoms. The van der Waals surface area contributed by atoms with Crippen LogP contribution < -0.4 is 16.2 Å². The van der Waals surface area contributed by atoms with Crippen molar-refractivity contribution in [2.24, 2.45) is 5.84 Å². The Bertz CT molecular complexity index is 367. The summed E-state index contributed by atoms with van der Waals surface area (Å²) in [7, 11) is 4.20. The van der Waals surface area contributed by atoms with E-state index in [1.54, 1.807) is 6.33 Å². The molecule has 6 nitrogen and oxygen atoms in total. The van der Waals surface area contributed by atoms with Crippen molar-refractivity contribution in [1.82, 2.24) is 14.9 Å². The van der Waals surface area contributed by atoms with Gasteiger partial charge >= 0.3 is 0 Å². The second-order valence-electron chi connectivity index (χ2n) is 4.66. The maximum absolute atomic E-state index is 5.37. The van der Waals surface area contributed by atoms with E-state index in [4.69, 9.17) is 5.84 Å². The van der Waals surface area contributed by atoms with E-state index in [0.717, 1.165) is 18.9 Å². The fraction of sp³-hybridized carbons (Fsp3) is 0.636. The van der Waals surface area contributed by atoms with Crippen LogP contribution in [0.3, 0.4) is 0 Å². The van der Waals surface area contributed by atoms with Gasteiger partial charge in [-0.3, -0.25) is 0 Å². The third kappa shape index (κ3) is 2.83. The van der Waals surface area contributed by atoms with Crippen LogP contribution in [0, 0.1) is 0 Å². The predicted octanol–water partition coefficient (Wildman–Crippen LogP) is 0.293. The van der Waals surface area contributed by atoms with Gasteiger partial charge in [0.05, 0.1) is 0 Å². The van der Waals surface area contributed by atoms with Crippen LogP contribution in [0.2, 0.25) is 0 Å². The zero-order chi connectivity index (χ0) is 12.3. The highest BCUT2D eigenvalue weighted by molar-refractivity contribution is 5.49. The van der Waals surface area contributed by atoms with E-state index in [0.29, 0.717) is 11.9 Å². The third-order valence-corrected chi connectivity index (χ3v) is 3.05. The summed E-state index contributed by atoms with van der Waals surface area (Å²) in [6, 6.07) is 2.43. The van der Waals surface area contributed by atoms with E-state index in [9.17, 15) is 0 Å². The average Bonchev–Trinajstić information content (AvgIpc) is 2.76. The molecule has 3 N–H and O–H groups in total. The summed E-state index contributed by atoms with van der Waals surface area (Å²) in [4.78, 5) is 12.9. The Morgan fingerprint density at radius 3 is 3.06 bits per heavy atom. The van der Waals surface area contributed by atoms with Crippen molar-refractivity contribution in [3.05, 3.63) is 12.4 Å². The molecule has 1 saturated heterocycles. The largest absolute Gasteiger partial charge is 0.352 e. The van der Waals surface area contributed by atoms with Crippen molar-refractivity contribution in [2.75, 3.05) is 37.5 Å². The highest BCUT2D eigenvalue weighted by atomic mass is 15.3. The summed E-state index contributed by atoms with van der Waals surface area (Å²) in [5.41, 5.74) is 2.56. The molecule has 0 aliphatic carbocycles. The number of nitrogens with two attached hydrogens (primary N) is 1. The Kier molecular flexibility index (Phi) is 3.75. The van der Waals surface area contributed by atoms with Crippen LogP contribution in [0.1, 0.15) is 12.8 Å². The Balaban J connectivity index is 2.14. The zero-order valence-corrected chi connectivity index (χ0v) is 10.4. The van der Waals surface area contributed by atoms with Gasteiger partial charge in [-0.2, -0.15) is 0 Å². The fourth-order valence-electron chi connectivity index (χ4n) is 2.33. The van der Waals surface area contributed by atoms with Crippen LogP contribution in [0.15, 0.2) is 12.4 Å². The van der Waals surface area contributed by atoms with Gasteiger partial charge in [-0.05, 0) is 26.9 Å². The van der Waals surface area contributed by atoms with Crippen molar-refractivity contribution < 1.29 is 0 Å². The quantitative estimate of drug-likeness (QED) is 0.578. The van der Waals surface area contributed by atoms with Gasteiger partial charge < -0.3 is 15.2 Å². The molecule has 2 rings (SSSR count). The molecular formula is C11H20N6. The summed E-state index contributed by atoms with van der Waals surface area (Å²) in [5.74, 6) is 6.98. The van der Waals surface area contributed by atoms with Crippen molar-refractivity contribution >= 4 is 11.6 Å². The lowest BCUT2D eigenvalue weighted by Crippen LogP contribution is -2.38. The first-order valence-corrected chi connectivity index (χ1v) is 5.90. The van der Waals surface area contributed by atoms with Crippen molar-refractivity contribution in [3.63, 3.8) is 0 Å². The molecule has 6 heteroatoms. The van der Waals surface area contributed by atoms with Gasteiger partial charge in [0.2, 0.25) is 0 Å². The average molecular weight is 236 g/mol. The molecule has 1 fully saturated rings. The molecule has 1 aliphatic heterocycles. The Morgan fingerprint density at radius 1 is 1.53 bits per heavy atom. The number of anilines is 2. The summed E-state index contributed by atoms with van der Waals surface area (Å²) in [5, 5.41) is 0. The molecule has 0 spiro atoms. The number of nitrogen functional groups attached to an aromatic ring is 1. The van der Waals surface area contributed by atoms with Crippen LogP contribution in [0.5, 0.6) is 0 Å². The predicted molar refractivity (Wildman–Crippen MR) is 68.8 cm³/mol. The topological polar surface area (TPSA) is 70.3 Å². The standard InChI is InChI=1S/C11H20N6/c1-16(2)7-9-4-3-5-17(9)11-6-10(15-12)13-8-14-11/h6,8-9H,3-5,7,12H2,1-2H3,(H,13,14,15). The smallest absolute Gasteiger partial charge is 0.145 e. The highest BCUT2D eigenvalue weighted by Crippen LogP contribution is 2.24. The lowest BCUT2D eigenvalue weighted by atomic mass is 10.2. The Labute approximate surface area is 102 Å². The summed E-state index contributed by atoms with van der Waals surface area (Å²) in [6.45, 7) is 2.11. The van der Waals surface area contributed by atoms with Gasteiger partial charge in [0.25, 0.3) is 0 Å². The van der Waals surface area contributed by atoms with E-state index in [2.05, 4.69) is 39.3 Å². The van der Waals surface area contributed by atoms with E-state index in [1.807, 2.05) is 6.07 Å². The summed E-state index contributed by atoms with van der Waals surface area (Å²) >= 11 is 0. The summed E-state index contributed by atoms with van der Waals surface area (Å²) < 4.78 is 0. The Hall–Kier alpha value is -1.40. The van der Waals surface area contributed by atoms with E-state index < -0.39 is 0 Å². The molecule has 0 bridgehead atoms. The van der Waals surface area contributed by atoms with Gasteiger partial charge in [0.1, 0.15) is 18.0 Å². The molecule has 0 saturated carbocycles. The lowest BCUT2D eigenvalue weighted by Gasteiger charge is -2.28. The second-order valence-corrected chi connectivity index (χ2v) is 4.66. The molecule has 1 unspecified atom stereocenters. The third-order valence-electron chi connectivity index (χ3n) is 3.05. The first-order valence-electron chi connectivity index (χ1n) is 5.90. The first kappa shape index (κ1) is 12.1. The number of nitrogens with one attached hydrogen (secondary N) is 1. The van der Waals surface area contributed by atoms with E-state index >= 15 is 0 Å². The molecule has 2 heterocycles. The van der Waals surface area contributed by atoms with Crippen LogP contribution >= 0.6 is 0 Å². The number of hydrogen-bond acceptors (Lipinski definition) is 6. The number of hydrazine groups is 1. The minimum atomic E-state index is 0.533. The van der Waals surface area contributed by atoms with Crippen molar-refractivity contribution in [2.45, 2.75) is 18.9 Å². The molecular weight excluding hydrogens is 216 g/mol. The van der Waals surface area contributed by atoms with Gasteiger partial charge in [-0.15, -0.1) is 0 Å². The van der Waals surface area contributed by atoms with Crippen molar-refractivity contribution in [3.8, 4) is 0 Å². The monoisotopic (exact) mass is 236 g/mol. The number of rotatable bonds is 4.